The van der Waals surface area contributed by atoms with E-state index in [0.29, 0.717) is 18.9 Å². The maximum absolute atomic E-state index is 13.3. The molecule has 0 bridgehead atoms. The quantitative estimate of drug-likeness (QED) is 0.808. The minimum absolute atomic E-state index is 0.157. The van der Waals surface area contributed by atoms with Gasteiger partial charge in [0, 0.05) is 0 Å². The summed E-state index contributed by atoms with van der Waals surface area (Å²) in [6, 6.07) is 2.52. The average molecular weight is 250 g/mol. The number of halogens is 4. The van der Waals surface area contributed by atoms with Crippen LogP contribution < -0.4 is 0 Å². The molecule has 1 N–H and O–H groups in total. The first-order valence-corrected chi connectivity index (χ1v) is 5.28. The summed E-state index contributed by atoms with van der Waals surface area (Å²) in [4.78, 5) is 0. The Morgan fingerprint density at radius 1 is 1.24 bits per heavy atom. The molecule has 0 aliphatic carbocycles. The van der Waals surface area contributed by atoms with Crippen molar-refractivity contribution in [3.05, 3.63) is 35.1 Å². The Hall–Kier alpha value is -1.10. The van der Waals surface area contributed by atoms with Crippen molar-refractivity contribution in [3.8, 4) is 0 Å². The lowest BCUT2D eigenvalue weighted by Crippen LogP contribution is -2.21. The van der Waals surface area contributed by atoms with Gasteiger partial charge in [-0.25, -0.2) is 4.39 Å². The molecule has 96 valence electrons. The van der Waals surface area contributed by atoms with Crippen molar-refractivity contribution in [1.82, 2.24) is 0 Å². The van der Waals surface area contributed by atoms with Crippen LogP contribution in [0, 0.1) is 5.82 Å². The molecule has 0 saturated heterocycles. The Morgan fingerprint density at radius 2 is 1.82 bits per heavy atom. The molecule has 0 fully saturated rings. The number of alkyl halides is 3. The summed E-state index contributed by atoms with van der Waals surface area (Å²) in [7, 11) is 0. The number of benzene rings is 1. The molecule has 1 aromatic carbocycles. The highest BCUT2D eigenvalue weighted by molar-refractivity contribution is 5.29. The molecule has 1 nitrogen and oxygen atoms in total. The fourth-order valence-electron chi connectivity index (χ4n) is 1.71. The number of hydrogen-bond donors (Lipinski definition) is 1. The third-order valence-electron chi connectivity index (χ3n) is 2.63. The van der Waals surface area contributed by atoms with Crippen LogP contribution >= 0.6 is 0 Å². The predicted molar refractivity (Wildman–Crippen MR) is 55.9 cm³/mol. The lowest BCUT2D eigenvalue weighted by atomic mass is 9.90. The van der Waals surface area contributed by atoms with Crippen molar-refractivity contribution >= 4 is 0 Å². The molecule has 17 heavy (non-hydrogen) atoms. The Morgan fingerprint density at radius 3 is 2.24 bits per heavy atom. The van der Waals surface area contributed by atoms with E-state index in [1.54, 1.807) is 0 Å². The molecule has 0 aliphatic rings. The predicted octanol–water partition coefficient (Wildman–Crippen LogP) is 3.85. The minimum Gasteiger partial charge on any atom is -0.385 e. The van der Waals surface area contributed by atoms with Crippen LogP contribution in [0.5, 0.6) is 0 Å². The van der Waals surface area contributed by atoms with Gasteiger partial charge in [-0.15, -0.1) is 0 Å². The van der Waals surface area contributed by atoms with Crippen LogP contribution in [0.15, 0.2) is 18.2 Å². The SMILES string of the molecule is CCCC(C)(O)c1ccc(C(F)(F)F)c(F)c1. The minimum atomic E-state index is -4.71. The van der Waals surface area contributed by atoms with E-state index in [9.17, 15) is 22.7 Å². The van der Waals surface area contributed by atoms with Crippen LogP contribution in [0.3, 0.4) is 0 Å². The Labute approximate surface area is 97.1 Å². The van der Waals surface area contributed by atoms with Crippen molar-refractivity contribution < 1.29 is 22.7 Å². The third-order valence-corrected chi connectivity index (χ3v) is 2.63. The summed E-state index contributed by atoms with van der Waals surface area (Å²) < 4.78 is 50.3. The summed E-state index contributed by atoms with van der Waals surface area (Å²) >= 11 is 0. The summed E-state index contributed by atoms with van der Waals surface area (Å²) in [6.07, 6.45) is -3.70. The van der Waals surface area contributed by atoms with Gasteiger partial charge < -0.3 is 5.11 Å². The average Bonchev–Trinajstić information content (AvgIpc) is 2.15. The largest absolute Gasteiger partial charge is 0.419 e. The standard InChI is InChI=1S/C12H14F4O/c1-3-6-11(2,17)8-4-5-9(10(13)7-8)12(14,15)16/h4-5,7,17H,3,6H2,1-2H3. The van der Waals surface area contributed by atoms with Gasteiger partial charge in [-0.2, -0.15) is 13.2 Å². The van der Waals surface area contributed by atoms with E-state index in [1.807, 2.05) is 6.92 Å². The van der Waals surface area contributed by atoms with Gasteiger partial charge in [0.05, 0.1) is 11.2 Å². The first kappa shape index (κ1) is 14.0. The lowest BCUT2D eigenvalue weighted by molar-refractivity contribution is -0.140. The van der Waals surface area contributed by atoms with Gasteiger partial charge in [-0.3, -0.25) is 0 Å². The van der Waals surface area contributed by atoms with Crippen molar-refractivity contribution in [1.29, 1.82) is 0 Å². The van der Waals surface area contributed by atoms with Gasteiger partial charge in [-0.1, -0.05) is 19.4 Å². The van der Waals surface area contributed by atoms with Gasteiger partial charge in [0.25, 0.3) is 0 Å². The molecule has 0 amide bonds. The molecule has 0 heterocycles. The zero-order valence-electron chi connectivity index (χ0n) is 9.61. The van der Waals surface area contributed by atoms with Gasteiger partial charge >= 0.3 is 6.18 Å². The van der Waals surface area contributed by atoms with Gasteiger partial charge in [0.1, 0.15) is 5.82 Å². The fraction of sp³-hybridized carbons (Fsp3) is 0.500. The molecule has 0 aromatic heterocycles. The smallest absolute Gasteiger partial charge is 0.385 e. The van der Waals surface area contributed by atoms with Crippen LogP contribution in [0.25, 0.3) is 0 Å². The summed E-state index contributed by atoms with van der Waals surface area (Å²) in [6.45, 7) is 3.29. The highest BCUT2D eigenvalue weighted by Crippen LogP contribution is 2.34. The second-order valence-electron chi connectivity index (χ2n) is 4.22. The maximum Gasteiger partial charge on any atom is 0.419 e. The summed E-state index contributed by atoms with van der Waals surface area (Å²) in [5, 5.41) is 9.96. The van der Waals surface area contributed by atoms with E-state index in [4.69, 9.17) is 0 Å². The van der Waals surface area contributed by atoms with Gasteiger partial charge in [0.2, 0.25) is 0 Å². The van der Waals surface area contributed by atoms with E-state index in [2.05, 4.69) is 0 Å². The summed E-state index contributed by atoms with van der Waals surface area (Å²) in [5.74, 6) is -1.36. The first-order valence-electron chi connectivity index (χ1n) is 5.28. The number of rotatable bonds is 3. The second-order valence-corrected chi connectivity index (χ2v) is 4.22. The number of aliphatic hydroxyl groups is 1. The molecule has 1 atom stereocenters. The summed E-state index contributed by atoms with van der Waals surface area (Å²) in [5.41, 5.74) is -2.46. The number of hydrogen-bond acceptors (Lipinski definition) is 1. The normalized spacial score (nSPS) is 15.7. The first-order chi connectivity index (χ1) is 7.68. The Balaban J connectivity index is 3.13. The molecule has 0 aliphatic heterocycles. The lowest BCUT2D eigenvalue weighted by Gasteiger charge is -2.23. The van der Waals surface area contributed by atoms with Crippen LogP contribution in [-0.4, -0.2) is 5.11 Å². The molecule has 1 rings (SSSR count). The second kappa shape index (κ2) is 4.64. The molecule has 0 radical (unpaired) electrons. The van der Waals surface area contributed by atoms with E-state index in [1.165, 1.54) is 6.92 Å². The highest BCUT2D eigenvalue weighted by Gasteiger charge is 2.35. The molecule has 0 saturated carbocycles. The molecular weight excluding hydrogens is 236 g/mol. The van der Waals surface area contributed by atoms with Crippen molar-refractivity contribution in [2.45, 2.75) is 38.5 Å². The van der Waals surface area contributed by atoms with E-state index >= 15 is 0 Å². The van der Waals surface area contributed by atoms with Crippen molar-refractivity contribution in [3.63, 3.8) is 0 Å². The van der Waals surface area contributed by atoms with E-state index in [0.717, 1.165) is 12.1 Å². The topological polar surface area (TPSA) is 20.2 Å². The zero-order chi connectivity index (χ0) is 13.3. The molecule has 5 heteroatoms. The van der Waals surface area contributed by atoms with Crippen LogP contribution in [0.4, 0.5) is 17.6 Å². The monoisotopic (exact) mass is 250 g/mol. The van der Waals surface area contributed by atoms with E-state index in [-0.39, 0.29) is 5.56 Å². The molecule has 1 aromatic rings. The van der Waals surface area contributed by atoms with Crippen LogP contribution in [0.2, 0.25) is 0 Å². The molecule has 0 spiro atoms. The highest BCUT2D eigenvalue weighted by atomic mass is 19.4. The van der Waals surface area contributed by atoms with Crippen LogP contribution in [-0.2, 0) is 11.8 Å². The fourth-order valence-corrected chi connectivity index (χ4v) is 1.71. The van der Waals surface area contributed by atoms with Crippen molar-refractivity contribution in [2.75, 3.05) is 0 Å². The Bertz CT molecular complexity index is 396. The Kier molecular flexibility index (Phi) is 3.81. The maximum atomic E-state index is 13.3. The van der Waals surface area contributed by atoms with Crippen molar-refractivity contribution in [2.24, 2.45) is 0 Å². The molecule has 1 unspecified atom stereocenters. The van der Waals surface area contributed by atoms with Gasteiger partial charge in [-0.05, 0) is 31.0 Å². The van der Waals surface area contributed by atoms with Crippen LogP contribution in [0.1, 0.15) is 37.8 Å². The zero-order valence-corrected chi connectivity index (χ0v) is 9.61. The van der Waals surface area contributed by atoms with E-state index < -0.39 is 23.2 Å². The molecular formula is C12H14F4O. The third kappa shape index (κ3) is 3.19. The van der Waals surface area contributed by atoms with Gasteiger partial charge in [0.15, 0.2) is 0 Å².